The molecule has 32 heavy (non-hydrogen) atoms. The molecule has 168 valence electrons. The van der Waals surface area contributed by atoms with Crippen molar-refractivity contribution in [3.63, 3.8) is 0 Å². The van der Waals surface area contributed by atoms with Gasteiger partial charge in [-0.1, -0.05) is 6.07 Å². The summed E-state index contributed by atoms with van der Waals surface area (Å²) in [6, 6.07) is 6.75. The van der Waals surface area contributed by atoms with Crippen molar-refractivity contribution in [3.05, 3.63) is 61.3 Å². The van der Waals surface area contributed by atoms with Crippen molar-refractivity contribution in [1.82, 2.24) is 15.2 Å². The number of nitro groups is 1. The third-order valence-electron chi connectivity index (χ3n) is 4.25. The molecule has 0 unspecified atom stereocenters. The van der Waals surface area contributed by atoms with Crippen molar-refractivity contribution in [2.75, 3.05) is 6.61 Å². The molecule has 0 fully saturated rings. The summed E-state index contributed by atoms with van der Waals surface area (Å²) in [5, 5.41) is 17.2. The van der Waals surface area contributed by atoms with Gasteiger partial charge in [0.15, 0.2) is 12.2 Å². The predicted molar refractivity (Wildman–Crippen MR) is 112 cm³/mol. The minimum atomic E-state index is -0.777. The van der Waals surface area contributed by atoms with Crippen LogP contribution in [-0.4, -0.2) is 34.0 Å². The second-order valence-electron chi connectivity index (χ2n) is 6.50. The van der Waals surface area contributed by atoms with Gasteiger partial charge in [-0.2, -0.15) is 0 Å². The quantitative estimate of drug-likeness (QED) is 0.277. The Bertz CT molecular complexity index is 1200. The third kappa shape index (κ3) is 6.01. The first kappa shape index (κ1) is 22.7. The van der Waals surface area contributed by atoms with E-state index in [0.717, 1.165) is 10.9 Å². The molecule has 2 N–H and O–H groups in total. The minimum absolute atomic E-state index is 0.0702. The van der Waals surface area contributed by atoms with Crippen LogP contribution in [0.15, 0.2) is 44.9 Å². The van der Waals surface area contributed by atoms with E-state index in [9.17, 15) is 29.3 Å². The Morgan fingerprint density at radius 3 is 2.78 bits per heavy atom. The van der Waals surface area contributed by atoms with Gasteiger partial charge in [0.2, 0.25) is 0 Å². The zero-order valence-electron chi connectivity index (χ0n) is 16.6. The number of nitrogens with one attached hydrogen (secondary N) is 2. The fourth-order valence-corrected chi connectivity index (χ4v) is 3.41. The Morgan fingerprint density at radius 2 is 2.06 bits per heavy atom. The lowest BCUT2D eigenvalue weighted by molar-refractivity contribution is -0.384. The van der Waals surface area contributed by atoms with Crippen molar-refractivity contribution in [2.24, 2.45) is 0 Å². The maximum atomic E-state index is 12.0. The van der Waals surface area contributed by atoms with Crippen LogP contribution in [0.25, 0.3) is 11.1 Å². The van der Waals surface area contributed by atoms with Gasteiger partial charge in [0.1, 0.15) is 0 Å². The fourth-order valence-electron chi connectivity index (χ4n) is 2.77. The molecule has 3 amide bonds. The number of aryl methyl sites for hydroxylation is 1. The van der Waals surface area contributed by atoms with E-state index in [1.54, 1.807) is 0 Å². The van der Waals surface area contributed by atoms with Gasteiger partial charge >= 0.3 is 17.8 Å². The summed E-state index contributed by atoms with van der Waals surface area (Å²) >= 11 is 1.46. The van der Waals surface area contributed by atoms with E-state index in [2.05, 4.69) is 5.32 Å². The highest BCUT2D eigenvalue weighted by Crippen LogP contribution is 2.20. The molecule has 0 spiro atoms. The Labute approximate surface area is 183 Å². The van der Waals surface area contributed by atoms with Crippen LogP contribution in [-0.2, 0) is 27.4 Å². The largest absolute Gasteiger partial charge is 0.456 e. The van der Waals surface area contributed by atoms with Gasteiger partial charge in [0, 0.05) is 23.9 Å². The van der Waals surface area contributed by atoms with Gasteiger partial charge in [-0.15, -0.1) is 11.3 Å². The molecule has 0 aliphatic rings. The second kappa shape index (κ2) is 10.3. The zero-order chi connectivity index (χ0) is 23.1. The first-order valence-corrected chi connectivity index (χ1v) is 10.2. The van der Waals surface area contributed by atoms with Crippen LogP contribution < -0.4 is 16.4 Å². The molecule has 0 bridgehead atoms. The monoisotopic (exact) mass is 462 g/mol. The van der Waals surface area contributed by atoms with Gasteiger partial charge in [-0.3, -0.25) is 29.6 Å². The summed E-state index contributed by atoms with van der Waals surface area (Å²) in [6.07, 6.45) is 0.108. The number of urea groups is 1. The van der Waals surface area contributed by atoms with Crippen molar-refractivity contribution in [3.8, 4) is 0 Å². The molecule has 1 aromatic carbocycles. The van der Waals surface area contributed by atoms with E-state index in [0.29, 0.717) is 5.52 Å². The highest BCUT2D eigenvalue weighted by Gasteiger charge is 2.15. The molecule has 0 aliphatic carbocycles. The Morgan fingerprint density at radius 1 is 1.25 bits per heavy atom. The van der Waals surface area contributed by atoms with E-state index < -0.39 is 35.2 Å². The van der Waals surface area contributed by atoms with Crippen molar-refractivity contribution < 1.29 is 28.5 Å². The summed E-state index contributed by atoms with van der Waals surface area (Å²) in [5.74, 6) is -2.17. The number of amides is 3. The maximum Gasteiger partial charge on any atom is 0.419 e. The molecule has 0 radical (unpaired) electrons. The normalized spacial score (nSPS) is 10.6. The van der Waals surface area contributed by atoms with Gasteiger partial charge in [0.25, 0.3) is 11.6 Å². The lowest BCUT2D eigenvalue weighted by Gasteiger charge is -2.07. The van der Waals surface area contributed by atoms with E-state index in [-0.39, 0.29) is 37.2 Å². The molecule has 0 saturated heterocycles. The smallest absolute Gasteiger partial charge is 0.419 e. The third-order valence-corrected chi connectivity index (χ3v) is 5.12. The summed E-state index contributed by atoms with van der Waals surface area (Å²) < 4.78 is 11.1. The van der Waals surface area contributed by atoms with Crippen molar-refractivity contribution >= 4 is 46.0 Å². The number of thiophene rings is 1. The van der Waals surface area contributed by atoms with Crippen molar-refractivity contribution in [1.29, 1.82) is 0 Å². The molecular formula is C19H18N4O8S. The Kier molecular flexibility index (Phi) is 7.33. The van der Waals surface area contributed by atoms with Crippen LogP contribution in [0.4, 0.5) is 10.5 Å². The molecule has 3 aromatic rings. The number of benzene rings is 1. The number of esters is 1. The van der Waals surface area contributed by atoms with Crippen LogP contribution in [0.5, 0.6) is 0 Å². The number of ether oxygens (including phenoxy) is 1. The average molecular weight is 462 g/mol. The standard InChI is InChI=1S/C19H18N4O8S/c24-16(21-18(26)20-10-13-3-2-8-32-13)11-30-17(25)4-1-7-22-14-6-5-12(23(28)29)9-15(14)31-19(22)27/h2-3,5-6,8-9H,1,4,7,10-11H2,(H2,20,21,24,26). The molecule has 3 rings (SSSR count). The van der Waals surface area contributed by atoms with Crippen molar-refractivity contribution in [2.45, 2.75) is 25.9 Å². The van der Waals surface area contributed by atoms with E-state index in [1.807, 2.05) is 22.8 Å². The topological polar surface area (TPSA) is 163 Å². The average Bonchev–Trinajstić information content (AvgIpc) is 3.38. The molecule has 0 atom stereocenters. The zero-order valence-corrected chi connectivity index (χ0v) is 17.4. The highest BCUT2D eigenvalue weighted by atomic mass is 32.1. The van der Waals surface area contributed by atoms with E-state index >= 15 is 0 Å². The molecule has 12 nitrogen and oxygen atoms in total. The predicted octanol–water partition coefficient (Wildman–Crippen LogP) is 1.91. The molecule has 2 aromatic heterocycles. The van der Waals surface area contributed by atoms with Gasteiger partial charge in [-0.25, -0.2) is 9.59 Å². The molecule has 13 heteroatoms. The number of rotatable bonds is 9. The number of non-ortho nitro benzene ring substituents is 1. The van der Waals surface area contributed by atoms with Crippen LogP contribution in [0.2, 0.25) is 0 Å². The lowest BCUT2D eigenvalue weighted by atomic mass is 10.2. The second-order valence-corrected chi connectivity index (χ2v) is 7.54. The van der Waals surface area contributed by atoms with E-state index in [4.69, 9.17) is 9.15 Å². The Balaban J connectivity index is 1.40. The Hall–Kier alpha value is -4.00. The number of hydrogen-bond donors (Lipinski definition) is 2. The number of hydrogen-bond acceptors (Lipinski definition) is 9. The first-order valence-electron chi connectivity index (χ1n) is 9.37. The van der Waals surface area contributed by atoms with E-state index in [1.165, 1.54) is 28.0 Å². The number of fused-ring (bicyclic) bond motifs is 1. The van der Waals surface area contributed by atoms with Crippen LogP contribution in [0.1, 0.15) is 17.7 Å². The summed E-state index contributed by atoms with van der Waals surface area (Å²) in [7, 11) is 0. The number of nitrogens with zero attached hydrogens (tertiary/aromatic N) is 2. The highest BCUT2D eigenvalue weighted by molar-refractivity contribution is 7.09. The molecule has 0 saturated carbocycles. The summed E-state index contributed by atoms with van der Waals surface area (Å²) in [4.78, 5) is 58.2. The number of carbonyl (C=O) groups is 3. The van der Waals surface area contributed by atoms with Gasteiger partial charge in [-0.05, 0) is 23.9 Å². The SMILES string of the molecule is O=C(COC(=O)CCCn1c(=O)oc2cc([N+](=O)[O-])ccc21)NC(=O)NCc1cccs1. The molecule has 2 heterocycles. The minimum Gasteiger partial charge on any atom is -0.456 e. The van der Waals surface area contributed by atoms with Crippen LogP contribution >= 0.6 is 11.3 Å². The summed E-state index contributed by atoms with van der Waals surface area (Å²) in [6.45, 7) is -0.244. The summed E-state index contributed by atoms with van der Waals surface area (Å²) in [5.41, 5.74) is 0.225. The van der Waals surface area contributed by atoms with Gasteiger partial charge in [0.05, 0.1) is 23.1 Å². The van der Waals surface area contributed by atoms with Crippen LogP contribution in [0, 0.1) is 10.1 Å². The molecule has 0 aliphatic heterocycles. The lowest BCUT2D eigenvalue weighted by Crippen LogP contribution is -2.41. The number of imide groups is 1. The van der Waals surface area contributed by atoms with Crippen LogP contribution in [0.3, 0.4) is 0 Å². The number of nitro benzene ring substituents is 1. The maximum absolute atomic E-state index is 12.0. The number of oxazole rings is 1. The first-order chi connectivity index (χ1) is 15.3. The number of carbonyl (C=O) groups excluding carboxylic acids is 3. The number of aromatic nitrogens is 1. The van der Waals surface area contributed by atoms with Gasteiger partial charge < -0.3 is 14.5 Å². The fraction of sp³-hybridized carbons (Fsp3) is 0.263. The molecular weight excluding hydrogens is 444 g/mol.